The van der Waals surface area contributed by atoms with Gasteiger partial charge in [-0.3, -0.25) is 0 Å². The molecule has 0 aromatic carbocycles. The minimum absolute atomic E-state index is 0. The average Bonchev–Trinajstić information content (AvgIpc) is 2.11. The maximum atomic E-state index is 10.4. The Morgan fingerprint density at radius 1 is 1.55 bits per heavy atom. The van der Waals surface area contributed by atoms with E-state index in [1.807, 2.05) is 6.92 Å². The zero-order valence-electron chi connectivity index (χ0n) is 6.61. The Bertz CT molecular complexity index is 214. The molecule has 1 aliphatic heterocycles. The fourth-order valence-electron chi connectivity index (χ4n) is 0.979. The molecule has 0 radical (unpaired) electrons. The van der Waals surface area contributed by atoms with E-state index < -0.39 is 15.4 Å². The monoisotopic (exact) mass is 204 g/mol. The standard InChI is InChI=1S/C5H10O3S2.Na/c1-4-2-5(3-9-4)10(6,7)8;/h4-5H,2-3H2,1H3,(H,6,7,8);/q;+1/p-1. The molecule has 1 saturated heterocycles. The van der Waals surface area contributed by atoms with Gasteiger partial charge < -0.3 is 4.55 Å². The number of hydrogen-bond acceptors (Lipinski definition) is 4. The molecule has 0 bridgehead atoms. The van der Waals surface area contributed by atoms with Gasteiger partial charge in [0, 0.05) is 11.0 Å². The first-order chi connectivity index (χ1) is 4.50. The molecular formula is C5H9NaO3S2. The van der Waals surface area contributed by atoms with E-state index in [4.69, 9.17) is 0 Å². The van der Waals surface area contributed by atoms with Gasteiger partial charge in [-0.2, -0.15) is 11.8 Å². The Balaban J connectivity index is 0.000001000. The normalized spacial score (nSPS) is 31.5. The summed E-state index contributed by atoms with van der Waals surface area (Å²) in [5.74, 6) is 0.479. The molecule has 0 aromatic heterocycles. The van der Waals surface area contributed by atoms with Crippen molar-refractivity contribution < 1.29 is 42.5 Å². The molecule has 0 aromatic rings. The Labute approximate surface area is 93.4 Å². The Hall–Kier alpha value is 1.26. The van der Waals surface area contributed by atoms with Crippen molar-refractivity contribution in [2.75, 3.05) is 5.75 Å². The summed E-state index contributed by atoms with van der Waals surface area (Å²) in [5, 5.41) is -0.304. The molecule has 1 fully saturated rings. The Morgan fingerprint density at radius 2 is 2.09 bits per heavy atom. The topological polar surface area (TPSA) is 57.2 Å². The van der Waals surface area contributed by atoms with Gasteiger partial charge >= 0.3 is 29.6 Å². The molecule has 1 rings (SSSR count). The van der Waals surface area contributed by atoms with Crippen LogP contribution in [0.2, 0.25) is 0 Å². The van der Waals surface area contributed by atoms with Crippen LogP contribution in [0.25, 0.3) is 0 Å². The van der Waals surface area contributed by atoms with Gasteiger partial charge in [-0.25, -0.2) is 8.42 Å². The van der Waals surface area contributed by atoms with E-state index in [-0.39, 0.29) is 29.6 Å². The predicted molar refractivity (Wildman–Crippen MR) is 40.0 cm³/mol. The third kappa shape index (κ3) is 3.65. The van der Waals surface area contributed by atoms with E-state index in [2.05, 4.69) is 0 Å². The van der Waals surface area contributed by atoms with Gasteiger partial charge in [-0.15, -0.1) is 0 Å². The summed E-state index contributed by atoms with van der Waals surface area (Å²) >= 11 is 1.55. The maximum absolute atomic E-state index is 10.4. The van der Waals surface area contributed by atoms with Crippen LogP contribution in [0.3, 0.4) is 0 Å². The van der Waals surface area contributed by atoms with E-state index in [9.17, 15) is 13.0 Å². The summed E-state index contributed by atoms with van der Waals surface area (Å²) in [6.45, 7) is 1.94. The van der Waals surface area contributed by atoms with Crippen LogP contribution in [0.4, 0.5) is 0 Å². The van der Waals surface area contributed by atoms with E-state index in [0.29, 0.717) is 17.4 Å². The van der Waals surface area contributed by atoms with Crippen molar-refractivity contribution in [3.63, 3.8) is 0 Å². The molecule has 1 aliphatic rings. The van der Waals surface area contributed by atoms with Gasteiger partial charge in [0.15, 0.2) is 0 Å². The van der Waals surface area contributed by atoms with Crippen LogP contribution < -0.4 is 29.6 Å². The van der Waals surface area contributed by atoms with Crippen LogP contribution in [0.1, 0.15) is 13.3 Å². The molecule has 11 heavy (non-hydrogen) atoms. The van der Waals surface area contributed by atoms with Crippen LogP contribution >= 0.6 is 11.8 Å². The molecular weight excluding hydrogens is 195 g/mol. The van der Waals surface area contributed by atoms with Crippen molar-refractivity contribution in [2.24, 2.45) is 0 Å². The van der Waals surface area contributed by atoms with Crippen molar-refractivity contribution in [3.8, 4) is 0 Å². The van der Waals surface area contributed by atoms with E-state index in [1.165, 1.54) is 0 Å². The van der Waals surface area contributed by atoms with E-state index in [1.54, 1.807) is 11.8 Å². The third-order valence-corrected chi connectivity index (χ3v) is 4.31. The largest absolute Gasteiger partial charge is 1.00 e. The van der Waals surface area contributed by atoms with Gasteiger partial charge in [-0.1, -0.05) is 6.92 Å². The second-order valence-corrected chi connectivity index (χ2v) is 5.62. The summed E-state index contributed by atoms with van der Waals surface area (Å²) in [7, 11) is -4.01. The summed E-state index contributed by atoms with van der Waals surface area (Å²) in [6, 6.07) is 0. The second kappa shape index (κ2) is 4.48. The number of thioether (sulfide) groups is 1. The minimum atomic E-state index is -4.01. The fraction of sp³-hybridized carbons (Fsp3) is 1.00. The van der Waals surface area contributed by atoms with Crippen molar-refractivity contribution in [2.45, 2.75) is 23.8 Å². The van der Waals surface area contributed by atoms with Crippen molar-refractivity contribution >= 4 is 21.9 Å². The molecule has 0 amide bonds. The van der Waals surface area contributed by atoms with Crippen molar-refractivity contribution in [3.05, 3.63) is 0 Å². The quantitative estimate of drug-likeness (QED) is 0.348. The SMILES string of the molecule is CC1CC(S(=O)(=O)[O-])CS1.[Na+]. The molecule has 3 nitrogen and oxygen atoms in total. The second-order valence-electron chi connectivity index (χ2n) is 2.49. The molecule has 6 heteroatoms. The number of rotatable bonds is 1. The molecule has 0 N–H and O–H groups in total. The van der Waals surface area contributed by atoms with E-state index in [0.717, 1.165) is 0 Å². The summed E-state index contributed by atoms with van der Waals surface area (Å²) in [5.41, 5.74) is 0. The average molecular weight is 204 g/mol. The number of hydrogen-bond donors (Lipinski definition) is 0. The summed E-state index contributed by atoms with van der Waals surface area (Å²) in [6.07, 6.45) is 0.524. The molecule has 0 saturated carbocycles. The first kappa shape index (κ1) is 12.3. The van der Waals surface area contributed by atoms with Crippen molar-refractivity contribution in [1.82, 2.24) is 0 Å². The van der Waals surface area contributed by atoms with Gasteiger partial charge in [-0.05, 0) is 6.42 Å². The molecule has 0 spiro atoms. The molecule has 60 valence electrons. The third-order valence-electron chi connectivity index (χ3n) is 1.57. The molecule has 0 aliphatic carbocycles. The molecule has 1 heterocycles. The fourth-order valence-corrected chi connectivity index (χ4v) is 3.58. The van der Waals surface area contributed by atoms with Crippen LogP contribution in [-0.2, 0) is 10.1 Å². The first-order valence-electron chi connectivity index (χ1n) is 3.06. The van der Waals surface area contributed by atoms with Crippen LogP contribution in [0.5, 0.6) is 0 Å². The zero-order chi connectivity index (χ0) is 7.78. The van der Waals surface area contributed by atoms with Gasteiger partial charge in [0.1, 0.15) is 0 Å². The van der Waals surface area contributed by atoms with Gasteiger partial charge in [0.25, 0.3) is 0 Å². The smallest absolute Gasteiger partial charge is 0.748 e. The van der Waals surface area contributed by atoms with Gasteiger partial charge in [0.05, 0.1) is 15.4 Å². The maximum Gasteiger partial charge on any atom is 1.00 e. The van der Waals surface area contributed by atoms with Crippen molar-refractivity contribution in [1.29, 1.82) is 0 Å². The Morgan fingerprint density at radius 3 is 2.27 bits per heavy atom. The van der Waals surface area contributed by atoms with Crippen LogP contribution in [0, 0.1) is 0 Å². The van der Waals surface area contributed by atoms with Crippen LogP contribution in [0.15, 0.2) is 0 Å². The van der Waals surface area contributed by atoms with E-state index >= 15 is 0 Å². The summed E-state index contributed by atoms with van der Waals surface area (Å²) in [4.78, 5) is 0. The van der Waals surface area contributed by atoms with Gasteiger partial charge in [0.2, 0.25) is 0 Å². The van der Waals surface area contributed by atoms with Crippen LogP contribution in [-0.4, -0.2) is 29.2 Å². The predicted octanol–water partition coefficient (Wildman–Crippen LogP) is -2.57. The first-order valence-corrected chi connectivity index (χ1v) is 5.58. The minimum Gasteiger partial charge on any atom is -0.748 e. The molecule has 2 atom stereocenters. The molecule has 2 unspecified atom stereocenters. The summed E-state index contributed by atoms with van der Waals surface area (Å²) < 4.78 is 31.2. The zero-order valence-corrected chi connectivity index (χ0v) is 10.2. The Kier molecular flexibility index (Phi) is 5.00.